The third-order valence-corrected chi connectivity index (χ3v) is 18.7. The molecule has 5 aromatic rings. The number of nitrogens with zero attached hydrogens (tertiary/aromatic N) is 5. The van der Waals surface area contributed by atoms with Crippen LogP contribution in [-0.2, 0) is 9.53 Å². The van der Waals surface area contributed by atoms with Crippen LogP contribution in [0.2, 0.25) is 0 Å². The lowest BCUT2D eigenvalue weighted by Gasteiger charge is -2.37. The molecule has 4 N–H and O–H groups in total. The number of carbonyl (C=O) groups excluding carboxylic acids is 1. The summed E-state index contributed by atoms with van der Waals surface area (Å²) in [6, 6.07) is 7.49. The fraction of sp³-hybridized carbons (Fsp3) is 0.591. The zero-order chi connectivity index (χ0) is 57.8. The molecule has 2 aromatic heterocycles. The molecule has 5 aliphatic rings. The maximum atomic E-state index is 17.2. The van der Waals surface area contributed by atoms with Crippen molar-refractivity contribution in [2.75, 3.05) is 25.1 Å². The van der Waals surface area contributed by atoms with Crippen LogP contribution in [0.5, 0.6) is 0 Å². The summed E-state index contributed by atoms with van der Waals surface area (Å²) in [5.74, 6) is 1.30. The standard InChI is InChI=1S/C64H85F4N9O2.C2H6/c1-10-53(61(36(4)5)69-38(8)78)75-28-16-20-57(75)63-70-49-32-43(45(65)34-51(49)72-63)55-26-27-56(77(55)42-30-47(67)60(48(68)31-42)41-24-22-40(23-25-41)39-18-14-13-15-19-39)44-33-50-52(35-46(44)66)73-64(71-50)58-21-17-29-76(58)54(11-2)62(37(6)7)74-59(12-3)79-9;1-2/h10-12,30-37,39-41,55-58,61-62,74H,13-29H2,1-9H3,(H,69,78)(H,70,72)(H,71,73);1-2H3/b53-10+,54-11-,59-12-;/t40?,41?,55-,56-,57+,58+,61+,62+;/m1./s1. The minimum absolute atomic E-state index is 0.0359. The summed E-state index contributed by atoms with van der Waals surface area (Å²) in [5.41, 5.74) is 5.46. The van der Waals surface area contributed by atoms with Crippen LogP contribution in [0.1, 0.15) is 224 Å². The second-order valence-corrected chi connectivity index (χ2v) is 24.2. The number of likely N-dealkylation sites (tertiary alicyclic amines) is 2. The summed E-state index contributed by atoms with van der Waals surface area (Å²) in [7, 11) is 1.66. The molecule has 5 heterocycles. The molecule has 10 rings (SSSR count). The normalized spacial score (nSPS) is 24.2. The van der Waals surface area contributed by atoms with Gasteiger partial charge in [0.1, 0.15) is 34.9 Å². The van der Waals surface area contributed by atoms with Gasteiger partial charge in [0.25, 0.3) is 0 Å². The molecule has 3 aliphatic heterocycles. The van der Waals surface area contributed by atoms with E-state index in [4.69, 9.17) is 14.7 Å². The third-order valence-electron chi connectivity index (χ3n) is 18.7. The molecule has 11 nitrogen and oxygen atoms in total. The lowest BCUT2D eigenvalue weighted by atomic mass is 9.70. The average molecular weight is 1120 g/mol. The number of hydrogen-bond acceptors (Lipinski definition) is 8. The van der Waals surface area contributed by atoms with Gasteiger partial charge in [-0.1, -0.05) is 85.8 Å². The van der Waals surface area contributed by atoms with Gasteiger partial charge in [-0.15, -0.1) is 0 Å². The molecular formula is C66H91F4N9O2. The fourth-order valence-electron chi connectivity index (χ4n) is 14.9. The second kappa shape index (κ2) is 26.1. The number of aromatic nitrogens is 4. The quantitative estimate of drug-likeness (QED) is 0.0537. The first-order valence-corrected chi connectivity index (χ1v) is 30.9. The smallest absolute Gasteiger partial charge is 0.217 e. The van der Waals surface area contributed by atoms with E-state index in [1.54, 1.807) is 19.2 Å². The zero-order valence-corrected chi connectivity index (χ0v) is 50.1. The van der Waals surface area contributed by atoms with E-state index >= 15 is 17.6 Å². The number of amides is 1. The first kappa shape index (κ1) is 59.6. The van der Waals surface area contributed by atoms with Crippen molar-refractivity contribution >= 4 is 33.7 Å². The summed E-state index contributed by atoms with van der Waals surface area (Å²) in [5, 5.41) is 6.75. The van der Waals surface area contributed by atoms with Crippen molar-refractivity contribution in [2.24, 2.45) is 23.7 Å². The van der Waals surface area contributed by atoms with E-state index in [-0.39, 0.29) is 59.1 Å². The molecule has 0 spiro atoms. The molecule has 15 heteroatoms. The van der Waals surface area contributed by atoms with E-state index in [0.29, 0.717) is 69.6 Å². The summed E-state index contributed by atoms with van der Waals surface area (Å²) in [6.45, 7) is 21.7. The van der Waals surface area contributed by atoms with Gasteiger partial charge in [-0.25, -0.2) is 27.5 Å². The van der Waals surface area contributed by atoms with Gasteiger partial charge >= 0.3 is 0 Å². The van der Waals surface area contributed by atoms with Crippen LogP contribution < -0.4 is 15.5 Å². The van der Waals surface area contributed by atoms with Crippen molar-refractivity contribution in [1.29, 1.82) is 0 Å². The Bertz CT molecular complexity index is 3050. The molecular weight excluding hydrogens is 1030 g/mol. The SMILES string of the molecule is C/C=C(/N[C@H](/C(=C/C)N1CCC[C@H]1c1nc2cc(F)c([C@H]3CC[C@H](c4cc5[nH]c([C@@H]6CCCN6/C(=C/C)[C@@H](NC(C)=O)C(C)C)nc5cc4F)N3c3cc(F)c(C4CCC(C5CCCCC5)CC4)c(F)c3)cc2[nH]1)C(C)C)OC.CC. The molecule has 0 radical (unpaired) electrons. The van der Waals surface area contributed by atoms with Gasteiger partial charge in [-0.2, -0.15) is 0 Å². The molecule has 3 aromatic carbocycles. The van der Waals surface area contributed by atoms with Crippen molar-refractivity contribution in [3.8, 4) is 0 Å². The molecule has 81 heavy (non-hydrogen) atoms. The highest BCUT2D eigenvalue weighted by Gasteiger charge is 2.42. The Kier molecular flexibility index (Phi) is 19.2. The van der Waals surface area contributed by atoms with Gasteiger partial charge in [0.15, 0.2) is 5.88 Å². The van der Waals surface area contributed by atoms with Crippen LogP contribution in [0.4, 0.5) is 23.2 Å². The maximum Gasteiger partial charge on any atom is 0.217 e. The van der Waals surface area contributed by atoms with Gasteiger partial charge in [-0.05, 0) is 145 Å². The van der Waals surface area contributed by atoms with Crippen molar-refractivity contribution < 1.29 is 27.1 Å². The summed E-state index contributed by atoms with van der Waals surface area (Å²) in [6.07, 6.45) is 20.3. The van der Waals surface area contributed by atoms with Crippen LogP contribution in [-0.4, -0.2) is 67.9 Å². The van der Waals surface area contributed by atoms with Crippen molar-refractivity contribution in [1.82, 2.24) is 40.4 Å². The van der Waals surface area contributed by atoms with Crippen molar-refractivity contribution in [3.05, 3.63) is 124 Å². The van der Waals surface area contributed by atoms with Crippen molar-refractivity contribution in [2.45, 2.75) is 208 Å². The molecule has 2 saturated carbocycles. The zero-order valence-electron chi connectivity index (χ0n) is 50.1. The Balaban J connectivity index is 0.00000392. The highest BCUT2D eigenvalue weighted by Crippen LogP contribution is 2.51. The molecule has 6 atom stereocenters. The Labute approximate surface area is 479 Å². The monoisotopic (exact) mass is 1120 g/mol. The van der Waals surface area contributed by atoms with E-state index in [2.05, 4.69) is 77.2 Å². The van der Waals surface area contributed by atoms with Gasteiger partial charge in [0.2, 0.25) is 5.91 Å². The number of aromatic amines is 2. The van der Waals surface area contributed by atoms with Crippen LogP contribution in [0, 0.1) is 46.9 Å². The number of anilines is 1. The van der Waals surface area contributed by atoms with E-state index in [9.17, 15) is 4.79 Å². The fourth-order valence-corrected chi connectivity index (χ4v) is 14.9. The van der Waals surface area contributed by atoms with E-state index < -0.39 is 35.4 Å². The second-order valence-electron chi connectivity index (χ2n) is 24.2. The van der Waals surface area contributed by atoms with Gasteiger partial charge in [0, 0.05) is 65.9 Å². The first-order chi connectivity index (χ1) is 39.1. The van der Waals surface area contributed by atoms with Gasteiger partial charge in [-0.3, -0.25) is 4.79 Å². The predicted octanol–water partition coefficient (Wildman–Crippen LogP) is 16.3. The van der Waals surface area contributed by atoms with Gasteiger partial charge in [0.05, 0.1) is 65.4 Å². The van der Waals surface area contributed by atoms with Crippen LogP contribution in [0.15, 0.2) is 71.9 Å². The minimum Gasteiger partial charge on any atom is -0.483 e. The number of rotatable bonds is 17. The number of nitrogens with one attached hydrogen (secondary N) is 4. The number of halogens is 4. The predicted molar refractivity (Wildman–Crippen MR) is 318 cm³/mol. The number of fused-ring (bicyclic) bond motifs is 2. The number of allylic oxidation sites excluding steroid dienone is 3. The highest BCUT2D eigenvalue weighted by atomic mass is 19.1. The minimum atomic E-state index is -0.707. The van der Waals surface area contributed by atoms with Crippen molar-refractivity contribution in [3.63, 3.8) is 0 Å². The van der Waals surface area contributed by atoms with Crippen LogP contribution in [0.25, 0.3) is 22.1 Å². The number of imidazole rings is 2. The summed E-state index contributed by atoms with van der Waals surface area (Å²) >= 11 is 0. The molecule has 1 amide bonds. The third kappa shape index (κ3) is 12.2. The molecule has 0 bridgehead atoms. The van der Waals surface area contributed by atoms with E-state index in [0.717, 1.165) is 81.7 Å². The average Bonchev–Trinajstić information content (AvgIpc) is 4.50. The Morgan fingerprint density at radius 2 is 1.06 bits per heavy atom. The number of methoxy groups -OCH3 is 1. The first-order valence-electron chi connectivity index (χ1n) is 30.9. The summed E-state index contributed by atoms with van der Waals surface area (Å²) in [4.78, 5) is 36.1. The molecule has 2 aliphatic carbocycles. The van der Waals surface area contributed by atoms with E-state index in [1.165, 1.54) is 63.3 Å². The Hall–Kier alpha value is -5.99. The van der Waals surface area contributed by atoms with Crippen LogP contribution >= 0.6 is 0 Å². The summed E-state index contributed by atoms with van der Waals surface area (Å²) < 4.78 is 74.0. The Morgan fingerprint density at radius 1 is 0.593 bits per heavy atom. The molecule has 5 fully saturated rings. The largest absolute Gasteiger partial charge is 0.483 e. The topological polar surface area (TPSA) is 117 Å². The van der Waals surface area contributed by atoms with Crippen LogP contribution in [0.3, 0.4) is 0 Å². The lowest BCUT2D eigenvalue weighted by molar-refractivity contribution is -0.119. The lowest BCUT2D eigenvalue weighted by Crippen LogP contribution is -2.44. The van der Waals surface area contributed by atoms with E-state index in [1.807, 2.05) is 38.7 Å². The van der Waals surface area contributed by atoms with Gasteiger partial charge < -0.3 is 40.0 Å². The molecule has 440 valence electrons. The molecule has 3 saturated heterocycles. The number of benzene rings is 3. The number of ether oxygens (including phenoxy) is 1. The Morgan fingerprint density at radius 3 is 1.49 bits per heavy atom. The molecule has 0 unspecified atom stereocenters. The maximum absolute atomic E-state index is 17.2. The number of carbonyl (C=O) groups is 1. The highest BCUT2D eigenvalue weighted by molar-refractivity contribution is 5.78. The number of H-pyrrole nitrogens is 2. The number of hydrogen-bond donors (Lipinski definition) is 4.